The first-order valence-electron chi connectivity index (χ1n) is 9.43. The molecule has 0 atom stereocenters. The second-order valence-electron chi connectivity index (χ2n) is 6.85. The van der Waals surface area contributed by atoms with Gasteiger partial charge in [-0.15, -0.1) is 0 Å². The number of anilines is 1. The lowest BCUT2D eigenvalue weighted by atomic mass is 10.1. The summed E-state index contributed by atoms with van der Waals surface area (Å²) in [5.74, 6) is 0.718. The van der Waals surface area contributed by atoms with Crippen molar-refractivity contribution in [2.45, 2.75) is 13.5 Å². The highest BCUT2D eigenvalue weighted by molar-refractivity contribution is 5.77. The Morgan fingerprint density at radius 3 is 2.48 bits per heavy atom. The molecular weight excluding hydrogens is 340 g/mol. The first-order chi connectivity index (χ1) is 13.1. The number of hydrogen-bond donors (Lipinski definition) is 1. The van der Waals surface area contributed by atoms with E-state index in [1.165, 1.54) is 0 Å². The fourth-order valence-electron chi connectivity index (χ4n) is 3.26. The van der Waals surface area contributed by atoms with Crippen molar-refractivity contribution in [2.24, 2.45) is 5.73 Å². The summed E-state index contributed by atoms with van der Waals surface area (Å²) >= 11 is 0. The van der Waals surface area contributed by atoms with E-state index >= 15 is 0 Å². The normalized spacial score (nSPS) is 15.0. The maximum absolute atomic E-state index is 11.7. The third-order valence-electron chi connectivity index (χ3n) is 5.02. The van der Waals surface area contributed by atoms with E-state index in [9.17, 15) is 4.79 Å². The van der Waals surface area contributed by atoms with Crippen molar-refractivity contribution in [3.63, 3.8) is 0 Å². The first kappa shape index (κ1) is 19.3. The zero-order valence-electron chi connectivity index (χ0n) is 16.1. The third kappa shape index (κ3) is 4.81. The van der Waals surface area contributed by atoms with E-state index in [0.717, 1.165) is 55.4 Å². The molecular formula is C20H28N6O. The molecule has 144 valence electrons. The van der Waals surface area contributed by atoms with Gasteiger partial charge in [-0.05, 0) is 23.7 Å². The van der Waals surface area contributed by atoms with Gasteiger partial charge in [0, 0.05) is 57.7 Å². The van der Waals surface area contributed by atoms with Crippen LogP contribution in [0.25, 0.3) is 11.1 Å². The standard InChI is InChI=1S/C20H28N6O/c1-3-25-7-9-26(10-8-25)20-22-13-18(14-23-20)17-6-4-5-16(11-17)15-24(2)19(27)12-21/h4-6,11,13-14H,3,7-10,12,15,21H2,1-2H3. The molecule has 2 heterocycles. The molecule has 0 spiro atoms. The van der Waals surface area contributed by atoms with Gasteiger partial charge in [0.05, 0.1) is 6.54 Å². The number of aromatic nitrogens is 2. The van der Waals surface area contributed by atoms with Crippen LogP contribution in [-0.4, -0.2) is 72.0 Å². The number of carbonyl (C=O) groups excluding carboxylic acids is 1. The van der Waals surface area contributed by atoms with Gasteiger partial charge in [-0.25, -0.2) is 9.97 Å². The number of piperazine rings is 1. The highest BCUT2D eigenvalue weighted by Gasteiger charge is 2.17. The summed E-state index contributed by atoms with van der Waals surface area (Å²) in [6.45, 7) is 7.88. The summed E-state index contributed by atoms with van der Waals surface area (Å²) in [5, 5.41) is 0. The van der Waals surface area contributed by atoms with E-state index in [2.05, 4.69) is 32.8 Å². The Morgan fingerprint density at radius 2 is 1.85 bits per heavy atom. The zero-order chi connectivity index (χ0) is 19.2. The molecule has 1 amide bonds. The Bertz CT molecular complexity index is 755. The Balaban J connectivity index is 1.68. The minimum Gasteiger partial charge on any atom is -0.340 e. The summed E-state index contributed by atoms with van der Waals surface area (Å²) in [5.41, 5.74) is 8.49. The molecule has 2 N–H and O–H groups in total. The van der Waals surface area contributed by atoms with Crippen LogP contribution in [0.15, 0.2) is 36.7 Å². The number of hydrogen-bond acceptors (Lipinski definition) is 6. The number of nitrogens with two attached hydrogens (primary N) is 1. The van der Waals surface area contributed by atoms with E-state index < -0.39 is 0 Å². The zero-order valence-corrected chi connectivity index (χ0v) is 16.1. The largest absolute Gasteiger partial charge is 0.340 e. The SMILES string of the molecule is CCN1CCN(c2ncc(-c3cccc(CN(C)C(=O)CN)c3)cn2)CC1. The highest BCUT2D eigenvalue weighted by atomic mass is 16.2. The molecule has 0 aliphatic carbocycles. The van der Waals surface area contributed by atoms with Gasteiger partial charge in [0.15, 0.2) is 0 Å². The maximum atomic E-state index is 11.7. The van der Waals surface area contributed by atoms with Gasteiger partial charge < -0.3 is 20.4 Å². The second kappa shape index (κ2) is 8.92. The Hall–Kier alpha value is -2.51. The smallest absolute Gasteiger partial charge is 0.236 e. The van der Waals surface area contributed by atoms with Crippen LogP contribution in [0.1, 0.15) is 12.5 Å². The quantitative estimate of drug-likeness (QED) is 0.826. The minimum atomic E-state index is -0.0729. The van der Waals surface area contributed by atoms with Crippen LogP contribution < -0.4 is 10.6 Å². The van der Waals surface area contributed by atoms with Gasteiger partial charge in [-0.2, -0.15) is 0 Å². The molecule has 1 aromatic carbocycles. The summed E-state index contributed by atoms with van der Waals surface area (Å²) in [6, 6.07) is 8.10. The van der Waals surface area contributed by atoms with Crippen LogP contribution in [0.4, 0.5) is 5.95 Å². The molecule has 1 saturated heterocycles. The molecule has 7 heteroatoms. The molecule has 0 saturated carbocycles. The van der Waals surface area contributed by atoms with Gasteiger partial charge in [0.1, 0.15) is 0 Å². The lowest BCUT2D eigenvalue weighted by Gasteiger charge is -2.33. The second-order valence-corrected chi connectivity index (χ2v) is 6.85. The summed E-state index contributed by atoms with van der Waals surface area (Å²) < 4.78 is 0. The predicted molar refractivity (Wildman–Crippen MR) is 107 cm³/mol. The van der Waals surface area contributed by atoms with Crippen LogP contribution in [0.3, 0.4) is 0 Å². The van der Waals surface area contributed by atoms with E-state index in [1.54, 1.807) is 11.9 Å². The topological polar surface area (TPSA) is 78.6 Å². The lowest BCUT2D eigenvalue weighted by Crippen LogP contribution is -2.46. The first-order valence-corrected chi connectivity index (χ1v) is 9.43. The monoisotopic (exact) mass is 368 g/mol. The lowest BCUT2D eigenvalue weighted by molar-refractivity contribution is -0.128. The number of rotatable bonds is 6. The molecule has 1 aliphatic heterocycles. The molecule has 1 aromatic heterocycles. The minimum absolute atomic E-state index is 0.0258. The third-order valence-corrected chi connectivity index (χ3v) is 5.02. The molecule has 0 bridgehead atoms. The van der Waals surface area contributed by atoms with Gasteiger partial charge in [-0.3, -0.25) is 4.79 Å². The summed E-state index contributed by atoms with van der Waals surface area (Å²) in [4.78, 5) is 27.1. The Labute approximate surface area is 160 Å². The molecule has 0 radical (unpaired) electrons. The van der Waals surface area contributed by atoms with Crippen molar-refractivity contribution in [2.75, 3.05) is 51.2 Å². The number of likely N-dealkylation sites (N-methyl/N-ethyl adjacent to an activating group) is 2. The molecule has 0 unspecified atom stereocenters. The molecule has 1 aliphatic rings. The Kier molecular flexibility index (Phi) is 6.36. The van der Waals surface area contributed by atoms with Crippen molar-refractivity contribution in [1.82, 2.24) is 19.8 Å². The van der Waals surface area contributed by atoms with Crippen LogP contribution in [0.2, 0.25) is 0 Å². The van der Waals surface area contributed by atoms with E-state index in [-0.39, 0.29) is 12.5 Å². The summed E-state index contributed by atoms with van der Waals surface area (Å²) in [7, 11) is 1.76. The van der Waals surface area contributed by atoms with Gasteiger partial charge >= 0.3 is 0 Å². The van der Waals surface area contributed by atoms with Crippen molar-refractivity contribution >= 4 is 11.9 Å². The van der Waals surface area contributed by atoms with E-state index in [1.807, 2.05) is 30.6 Å². The van der Waals surface area contributed by atoms with E-state index in [4.69, 9.17) is 5.73 Å². The van der Waals surface area contributed by atoms with Gasteiger partial charge in [0.2, 0.25) is 11.9 Å². The fourth-order valence-corrected chi connectivity index (χ4v) is 3.26. The number of nitrogens with zero attached hydrogens (tertiary/aromatic N) is 5. The molecule has 2 aromatic rings. The summed E-state index contributed by atoms with van der Waals surface area (Å²) in [6.07, 6.45) is 3.75. The molecule has 27 heavy (non-hydrogen) atoms. The number of amides is 1. The molecule has 7 nitrogen and oxygen atoms in total. The van der Waals surface area contributed by atoms with Gasteiger partial charge in [-0.1, -0.05) is 25.1 Å². The van der Waals surface area contributed by atoms with Crippen LogP contribution in [-0.2, 0) is 11.3 Å². The van der Waals surface area contributed by atoms with E-state index in [0.29, 0.717) is 6.54 Å². The average molecular weight is 368 g/mol. The average Bonchev–Trinajstić information content (AvgIpc) is 2.73. The predicted octanol–water partition coefficient (Wildman–Crippen LogP) is 1.20. The van der Waals surface area contributed by atoms with Crippen LogP contribution >= 0.6 is 0 Å². The molecule has 1 fully saturated rings. The van der Waals surface area contributed by atoms with Crippen LogP contribution in [0.5, 0.6) is 0 Å². The fraction of sp³-hybridized carbons (Fsp3) is 0.450. The number of benzene rings is 1. The molecule has 3 rings (SSSR count). The highest BCUT2D eigenvalue weighted by Crippen LogP contribution is 2.21. The van der Waals surface area contributed by atoms with Crippen molar-refractivity contribution in [1.29, 1.82) is 0 Å². The van der Waals surface area contributed by atoms with Crippen LogP contribution in [0, 0.1) is 0 Å². The Morgan fingerprint density at radius 1 is 1.15 bits per heavy atom. The van der Waals surface area contributed by atoms with Crippen molar-refractivity contribution in [3.8, 4) is 11.1 Å². The van der Waals surface area contributed by atoms with Crippen molar-refractivity contribution < 1.29 is 4.79 Å². The van der Waals surface area contributed by atoms with Gasteiger partial charge in [0.25, 0.3) is 0 Å². The maximum Gasteiger partial charge on any atom is 0.236 e. The number of carbonyl (C=O) groups is 1. The van der Waals surface area contributed by atoms with Crippen molar-refractivity contribution in [3.05, 3.63) is 42.2 Å².